The van der Waals surface area contributed by atoms with Crippen LogP contribution in [0.3, 0.4) is 0 Å². The van der Waals surface area contributed by atoms with Crippen LogP contribution in [0, 0.1) is 0 Å². The molecule has 4 nitrogen and oxygen atoms in total. The maximum Gasteiger partial charge on any atom is 0.416 e. The summed E-state index contributed by atoms with van der Waals surface area (Å²) in [5, 5.41) is 0. The fourth-order valence-electron chi connectivity index (χ4n) is 2.52. The molecule has 0 aromatic heterocycles. The number of amides is 1. The zero-order chi connectivity index (χ0) is 16.3. The summed E-state index contributed by atoms with van der Waals surface area (Å²) in [5.41, 5.74) is -0.684. The van der Waals surface area contributed by atoms with Crippen molar-refractivity contribution in [3.8, 4) is 0 Å². The van der Waals surface area contributed by atoms with Gasteiger partial charge in [-0.05, 0) is 43.5 Å². The number of hydrogen-bond donors (Lipinski definition) is 0. The van der Waals surface area contributed by atoms with E-state index in [-0.39, 0.29) is 5.56 Å². The number of carbonyl (C=O) groups is 2. The quantitative estimate of drug-likeness (QED) is 0.789. The molecule has 0 bridgehead atoms. The molecule has 1 aliphatic rings. The molecule has 1 fully saturated rings. The van der Waals surface area contributed by atoms with Crippen LogP contribution in [0.1, 0.15) is 35.2 Å². The third kappa shape index (κ3) is 3.40. The van der Waals surface area contributed by atoms with Gasteiger partial charge < -0.3 is 9.64 Å². The Hall–Kier alpha value is -2.05. The number of alkyl halides is 3. The molecule has 22 heavy (non-hydrogen) atoms. The van der Waals surface area contributed by atoms with Crippen molar-refractivity contribution in [1.82, 2.24) is 4.90 Å². The lowest BCUT2D eigenvalue weighted by Gasteiger charge is -2.33. The summed E-state index contributed by atoms with van der Waals surface area (Å²) in [7, 11) is 1.25. The molecule has 1 amide bonds. The second kappa shape index (κ2) is 6.37. The molecule has 0 saturated carbocycles. The van der Waals surface area contributed by atoms with Gasteiger partial charge in [0.15, 0.2) is 0 Å². The van der Waals surface area contributed by atoms with Crippen molar-refractivity contribution < 1.29 is 27.5 Å². The van der Waals surface area contributed by atoms with E-state index in [1.165, 1.54) is 12.0 Å². The Morgan fingerprint density at radius 1 is 1.18 bits per heavy atom. The fraction of sp³-hybridized carbons (Fsp3) is 0.467. The number of nitrogens with zero attached hydrogens (tertiary/aromatic N) is 1. The summed E-state index contributed by atoms with van der Waals surface area (Å²) >= 11 is 0. The number of esters is 1. The number of likely N-dealkylation sites (tertiary alicyclic amines) is 1. The first-order valence-electron chi connectivity index (χ1n) is 6.90. The Bertz CT molecular complexity index is 554. The van der Waals surface area contributed by atoms with Crippen LogP contribution in [0.15, 0.2) is 24.3 Å². The Morgan fingerprint density at radius 2 is 1.82 bits per heavy atom. The zero-order valence-electron chi connectivity index (χ0n) is 12.0. The second-order valence-corrected chi connectivity index (χ2v) is 5.11. The van der Waals surface area contributed by atoms with E-state index in [4.69, 9.17) is 0 Å². The standard InChI is InChI=1S/C15H16F3NO3/c1-22-14(21)12-4-2-3-9-19(12)13(20)10-5-7-11(8-6-10)15(16,17)18/h5-8,12H,2-4,9H2,1H3. The van der Waals surface area contributed by atoms with Crippen molar-refractivity contribution in [3.05, 3.63) is 35.4 Å². The van der Waals surface area contributed by atoms with Crippen molar-refractivity contribution in [1.29, 1.82) is 0 Å². The fourth-order valence-corrected chi connectivity index (χ4v) is 2.52. The first kappa shape index (κ1) is 16.3. The third-order valence-electron chi connectivity index (χ3n) is 3.70. The molecular weight excluding hydrogens is 299 g/mol. The molecule has 0 aliphatic carbocycles. The average molecular weight is 315 g/mol. The Kier molecular flexibility index (Phi) is 4.73. The average Bonchev–Trinajstić information content (AvgIpc) is 2.52. The minimum atomic E-state index is -4.44. The number of rotatable bonds is 2. The van der Waals surface area contributed by atoms with E-state index in [2.05, 4.69) is 4.74 Å². The topological polar surface area (TPSA) is 46.6 Å². The van der Waals surface area contributed by atoms with Crippen LogP contribution in [0.2, 0.25) is 0 Å². The van der Waals surface area contributed by atoms with E-state index in [0.717, 1.165) is 37.1 Å². The SMILES string of the molecule is COC(=O)C1CCCCN1C(=O)c1ccc(C(F)(F)F)cc1. The minimum absolute atomic E-state index is 0.129. The van der Waals surface area contributed by atoms with Gasteiger partial charge in [-0.1, -0.05) is 0 Å². The summed E-state index contributed by atoms with van der Waals surface area (Å²) in [6, 6.07) is 3.32. The van der Waals surface area contributed by atoms with Gasteiger partial charge in [-0.25, -0.2) is 4.79 Å². The molecule has 1 heterocycles. The first-order chi connectivity index (χ1) is 10.3. The number of benzene rings is 1. The van der Waals surface area contributed by atoms with Crippen LogP contribution in [-0.4, -0.2) is 36.5 Å². The van der Waals surface area contributed by atoms with Crippen LogP contribution in [0.4, 0.5) is 13.2 Å². The zero-order valence-corrected chi connectivity index (χ0v) is 12.0. The highest BCUT2D eigenvalue weighted by Crippen LogP contribution is 2.29. The predicted octanol–water partition coefficient (Wildman–Crippen LogP) is 2.87. The van der Waals surface area contributed by atoms with Crippen LogP contribution >= 0.6 is 0 Å². The van der Waals surface area contributed by atoms with Crippen LogP contribution in [0.5, 0.6) is 0 Å². The molecule has 0 spiro atoms. The number of ether oxygens (including phenoxy) is 1. The Labute approximate surface area is 125 Å². The van der Waals surface area contributed by atoms with E-state index in [9.17, 15) is 22.8 Å². The van der Waals surface area contributed by atoms with Crippen molar-refractivity contribution in [3.63, 3.8) is 0 Å². The number of piperidine rings is 1. The van der Waals surface area contributed by atoms with Gasteiger partial charge >= 0.3 is 12.1 Å². The predicted molar refractivity (Wildman–Crippen MR) is 72.1 cm³/mol. The third-order valence-corrected chi connectivity index (χ3v) is 3.70. The van der Waals surface area contributed by atoms with Gasteiger partial charge in [0, 0.05) is 12.1 Å². The molecular formula is C15H16F3NO3. The molecule has 1 aromatic rings. The first-order valence-corrected chi connectivity index (χ1v) is 6.90. The van der Waals surface area contributed by atoms with Crippen LogP contribution in [-0.2, 0) is 15.7 Å². The summed E-state index contributed by atoms with van der Waals surface area (Å²) in [6.07, 6.45) is -2.39. The van der Waals surface area contributed by atoms with Gasteiger partial charge in [-0.2, -0.15) is 13.2 Å². The number of methoxy groups -OCH3 is 1. The summed E-state index contributed by atoms with van der Waals surface area (Å²) in [5.74, 6) is -0.955. The summed E-state index contributed by atoms with van der Waals surface area (Å²) in [6.45, 7) is 0.389. The lowest BCUT2D eigenvalue weighted by molar-refractivity contribution is -0.147. The molecule has 1 aliphatic heterocycles. The van der Waals surface area contributed by atoms with Gasteiger partial charge in [-0.3, -0.25) is 4.79 Å². The smallest absolute Gasteiger partial charge is 0.416 e. The lowest BCUT2D eigenvalue weighted by Crippen LogP contribution is -2.48. The van der Waals surface area contributed by atoms with Crippen molar-refractivity contribution >= 4 is 11.9 Å². The molecule has 7 heteroatoms. The van der Waals surface area contributed by atoms with Crippen molar-refractivity contribution in [2.75, 3.05) is 13.7 Å². The van der Waals surface area contributed by atoms with Gasteiger partial charge in [0.25, 0.3) is 5.91 Å². The van der Waals surface area contributed by atoms with Gasteiger partial charge in [0.05, 0.1) is 12.7 Å². The molecule has 1 unspecified atom stereocenters. The highest BCUT2D eigenvalue weighted by atomic mass is 19.4. The second-order valence-electron chi connectivity index (χ2n) is 5.11. The Morgan fingerprint density at radius 3 is 2.36 bits per heavy atom. The van der Waals surface area contributed by atoms with E-state index in [1.54, 1.807) is 0 Å². The highest BCUT2D eigenvalue weighted by Gasteiger charge is 2.34. The lowest BCUT2D eigenvalue weighted by atomic mass is 10.0. The molecule has 0 N–H and O–H groups in total. The monoisotopic (exact) mass is 315 g/mol. The molecule has 1 aromatic carbocycles. The van der Waals surface area contributed by atoms with Gasteiger partial charge in [0.2, 0.25) is 0 Å². The summed E-state index contributed by atoms with van der Waals surface area (Å²) in [4.78, 5) is 25.5. The minimum Gasteiger partial charge on any atom is -0.467 e. The molecule has 1 atom stereocenters. The van der Waals surface area contributed by atoms with Crippen LogP contribution < -0.4 is 0 Å². The number of hydrogen-bond acceptors (Lipinski definition) is 3. The normalized spacial score (nSPS) is 18.9. The van der Waals surface area contributed by atoms with E-state index in [0.29, 0.717) is 13.0 Å². The molecule has 2 rings (SSSR count). The van der Waals surface area contributed by atoms with Gasteiger partial charge in [-0.15, -0.1) is 0 Å². The van der Waals surface area contributed by atoms with Gasteiger partial charge in [0.1, 0.15) is 6.04 Å². The molecule has 0 radical (unpaired) electrons. The highest BCUT2D eigenvalue weighted by molar-refractivity contribution is 5.97. The number of carbonyl (C=O) groups excluding carboxylic acids is 2. The van der Waals surface area contributed by atoms with Crippen molar-refractivity contribution in [2.24, 2.45) is 0 Å². The Balaban J connectivity index is 2.20. The molecule has 120 valence electrons. The largest absolute Gasteiger partial charge is 0.467 e. The molecule has 1 saturated heterocycles. The van der Waals surface area contributed by atoms with Crippen molar-refractivity contribution in [2.45, 2.75) is 31.5 Å². The van der Waals surface area contributed by atoms with E-state index in [1.807, 2.05) is 0 Å². The number of halogens is 3. The maximum atomic E-state index is 12.5. The maximum absolute atomic E-state index is 12.5. The van der Waals surface area contributed by atoms with E-state index < -0.39 is 29.7 Å². The van der Waals surface area contributed by atoms with E-state index >= 15 is 0 Å². The van der Waals surface area contributed by atoms with Crippen LogP contribution in [0.25, 0.3) is 0 Å². The summed E-state index contributed by atoms with van der Waals surface area (Å²) < 4.78 is 42.3.